The molecule has 2 rings (SSSR count). The second-order valence-corrected chi connectivity index (χ2v) is 4.35. The number of carboxylic acid groups (broad SMARTS) is 1. The predicted molar refractivity (Wildman–Crippen MR) is 53.3 cm³/mol. The number of aliphatic carboxylic acids is 1. The number of piperidine rings is 1. The molecule has 0 aromatic heterocycles. The molecule has 15 heavy (non-hydrogen) atoms. The van der Waals surface area contributed by atoms with E-state index < -0.39 is 12.0 Å². The maximum Gasteiger partial charge on any atom is 0.326 e. The predicted octanol–water partition coefficient (Wildman–Crippen LogP) is -0.425. The monoisotopic (exact) mass is 212 g/mol. The molecule has 2 aliphatic rings. The van der Waals surface area contributed by atoms with Crippen LogP contribution in [0.1, 0.15) is 19.3 Å². The van der Waals surface area contributed by atoms with Crippen molar-refractivity contribution in [1.29, 1.82) is 0 Å². The number of amides is 1. The molecule has 0 bridgehead atoms. The van der Waals surface area contributed by atoms with Crippen LogP contribution < -0.4 is 10.6 Å². The van der Waals surface area contributed by atoms with E-state index in [0.717, 1.165) is 25.9 Å². The average Bonchev–Trinajstić information content (AvgIpc) is 2.62. The standard InChI is InChI=1S/C10H16N2O3/c13-9-7(4-8(12-9)10(14)15)6-2-1-3-11-5-6/h6-8,11H,1-5H2,(H,12,13)(H,14,15). The van der Waals surface area contributed by atoms with Gasteiger partial charge in [0.25, 0.3) is 0 Å². The van der Waals surface area contributed by atoms with E-state index >= 15 is 0 Å². The number of rotatable bonds is 2. The summed E-state index contributed by atoms with van der Waals surface area (Å²) >= 11 is 0. The van der Waals surface area contributed by atoms with E-state index in [9.17, 15) is 9.59 Å². The highest BCUT2D eigenvalue weighted by Crippen LogP contribution is 2.28. The Morgan fingerprint density at radius 1 is 1.47 bits per heavy atom. The van der Waals surface area contributed by atoms with Crippen molar-refractivity contribution >= 4 is 11.9 Å². The molecule has 2 saturated heterocycles. The molecule has 0 spiro atoms. The maximum absolute atomic E-state index is 11.6. The van der Waals surface area contributed by atoms with Gasteiger partial charge in [-0.25, -0.2) is 4.79 Å². The van der Waals surface area contributed by atoms with Crippen LogP contribution in [0.3, 0.4) is 0 Å². The van der Waals surface area contributed by atoms with Gasteiger partial charge in [0.1, 0.15) is 6.04 Å². The van der Waals surface area contributed by atoms with Crippen LogP contribution in [0.2, 0.25) is 0 Å². The molecular formula is C10H16N2O3. The zero-order valence-electron chi connectivity index (χ0n) is 8.53. The van der Waals surface area contributed by atoms with E-state index in [0.29, 0.717) is 12.3 Å². The SMILES string of the molecule is O=C(O)C1CC(C2CCCNC2)C(=O)N1. The van der Waals surface area contributed by atoms with Gasteiger partial charge in [-0.2, -0.15) is 0 Å². The first kappa shape index (κ1) is 10.4. The van der Waals surface area contributed by atoms with Crippen molar-refractivity contribution in [3.63, 3.8) is 0 Å². The number of hydrogen-bond donors (Lipinski definition) is 3. The summed E-state index contributed by atoms with van der Waals surface area (Å²) in [5.74, 6) is -0.812. The van der Waals surface area contributed by atoms with E-state index in [4.69, 9.17) is 5.11 Å². The van der Waals surface area contributed by atoms with Crippen molar-refractivity contribution in [1.82, 2.24) is 10.6 Å². The van der Waals surface area contributed by atoms with E-state index in [1.54, 1.807) is 0 Å². The van der Waals surface area contributed by atoms with Crippen molar-refractivity contribution in [2.24, 2.45) is 11.8 Å². The van der Waals surface area contributed by atoms with E-state index in [1.165, 1.54) is 0 Å². The molecule has 0 saturated carbocycles. The second kappa shape index (κ2) is 4.18. The summed E-state index contributed by atoms with van der Waals surface area (Å²) in [4.78, 5) is 22.3. The molecular weight excluding hydrogens is 196 g/mol. The van der Waals surface area contributed by atoms with Gasteiger partial charge in [0.15, 0.2) is 0 Å². The van der Waals surface area contributed by atoms with Crippen molar-refractivity contribution in [2.75, 3.05) is 13.1 Å². The Morgan fingerprint density at radius 3 is 2.80 bits per heavy atom. The van der Waals surface area contributed by atoms with Crippen molar-refractivity contribution < 1.29 is 14.7 Å². The smallest absolute Gasteiger partial charge is 0.326 e. The zero-order valence-corrected chi connectivity index (χ0v) is 8.53. The van der Waals surface area contributed by atoms with Crippen LogP contribution in [-0.4, -0.2) is 36.1 Å². The Bertz CT molecular complexity index is 274. The van der Waals surface area contributed by atoms with Crippen molar-refractivity contribution in [3.8, 4) is 0 Å². The molecule has 1 amide bonds. The summed E-state index contributed by atoms with van der Waals surface area (Å²) in [6.45, 7) is 1.84. The summed E-state index contributed by atoms with van der Waals surface area (Å²) in [7, 11) is 0. The fourth-order valence-electron chi connectivity index (χ4n) is 2.49. The largest absolute Gasteiger partial charge is 0.480 e. The fourth-order valence-corrected chi connectivity index (χ4v) is 2.49. The molecule has 0 aromatic carbocycles. The Labute approximate surface area is 88.2 Å². The van der Waals surface area contributed by atoms with Crippen LogP contribution in [0, 0.1) is 11.8 Å². The number of carbonyl (C=O) groups excluding carboxylic acids is 1. The highest BCUT2D eigenvalue weighted by atomic mass is 16.4. The average molecular weight is 212 g/mol. The van der Waals surface area contributed by atoms with Crippen molar-refractivity contribution in [3.05, 3.63) is 0 Å². The summed E-state index contributed by atoms with van der Waals surface area (Å²) in [5.41, 5.74) is 0. The van der Waals surface area contributed by atoms with Gasteiger partial charge < -0.3 is 15.7 Å². The molecule has 3 N–H and O–H groups in total. The Balaban J connectivity index is 1.97. The van der Waals surface area contributed by atoms with Crippen LogP contribution in [0.4, 0.5) is 0 Å². The highest BCUT2D eigenvalue weighted by molar-refractivity contribution is 5.89. The summed E-state index contributed by atoms with van der Waals surface area (Å²) < 4.78 is 0. The Kier molecular flexibility index (Phi) is 2.90. The fraction of sp³-hybridized carbons (Fsp3) is 0.800. The van der Waals surface area contributed by atoms with Gasteiger partial charge >= 0.3 is 5.97 Å². The number of hydrogen-bond acceptors (Lipinski definition) is 3. The van der Waals surface area contributed by atoms with Crippen LogP contribution in [0.15, 0.2) is 0 Å². The van der Waals surface area contributed by atoms with Gasteiger partial charge in [-0.05, 0) is 38.3 Å². The molecule has 0 radical (unpaired) electrons. The third kappa shape index (κ3) is 2.12. The molecule has 2 fully saturated rings. The highest BCUT2D eigenvalue weighted by Gasteiger charge is 2.40. The zero-order chi connectivity index (χ0) is 10.8. The van der Waals surface area contributed by atoms with Gasteiger partial charge in [0, 0.05) is 5.92 Å². The quantitative estimate of drug-likeness (QED) is 0.580. The lowest BCUT2D eigenvalue weighted by Crippen LogP contribution is -2.37. The van der Waals surface area contributed by atoms with Crippen LogP contribution in [0.5, 0.6) is 0 Å². The Hall–Kier alpha value is -1.10. The lowest BCUT2D eigenvalue weighted by atomic mass is 9.84. The van der Waals surface area contributed by atoms with E-state index in [1.807, 2.05) is 0 Å². The molecule has 5 heteroatoms. The summed E-state index contributed by atoms with van der Waals surface area (Å²) in [6, 6.07) is -0.676. The normalized spacial score (nSPS) is 36.3. The molecule has 3 unspecified atom stereocenters. The third-order valence-electron chi connectivity index (χ3n) is 3.35. The summed E-state index contributed by atoms with van der Waals surface area (Å²) in [6.07, 6.45) is 2.55. The van der Waals surface area contributed by atoms with Gasteiger partial charge in [-0.1, -0.05) is 0 Å². The van der Waals surface area contributed by atoms with E-state index in [2.05, 4.69) is 10.6 Å². The molecule has 2 heterocycles. The van der Waals surface area contributed by atoms with E-state index in [-0.39, 0.29) is 11.8 Å². The first-order valence-electron chi connectivity index (χ1n) is 5.42. The number of nitrogens with one attached hydrogen (secondary N) is 2. The second-order valence-electron chi connectivity index (χ2n) is 4.35. The first-order chi connectivity index (χ1) is 7.18. The molecule has 3 atom stereocenters. The number of carboxylic acids is 1. The van der Waals surface area contributed by atoms with Gasteiger partial charge in [0.2, 0.25) is 5.91 Å². The van der Waals surface area contributed by atoms with Crippen LogP contribution >= 0.6 is 0 Å². The molecule has 0 aromatic rings. The minimum absolute atomic E-state index is 0.0869. The summed E-state index contributed by atoms with van der Waals surface area (Å²) in [5, 5.41) is 14.6. The van der Waals surface area contributed by atoms with Gasteiger partial charge in [-0.3, -0.25) is 4.79 Å². The maximum atomic E-state index is 11.6. The minimum atomic E-state index is -0.922. The molecule has 2 aliphatic heterocycles. The van der Waals surface area contributed by atoms with Crippen LogP contribution in [0.25, 0.3) is 0 Å². The first-order valence-corrected chi connectivity index (χ1v) is 5.42. The third-order valence-corrected chi connectivity index (χ3v) is 3.35. The topological polar surface area (TPSA) is 78.4 Å². The van der Waals surface area contributed by atoms with Gasteiger partial charge in [-0.15, -0.1) is 0 Å². The molecule has 0 aliphatic carbocycles. The molecule has 84 valence electrons. The lowest BCUT2D eigenvalue weighted by molar-refractivity contribution is -0.140. The van der Waals surface area contributed by atoms with Gasteiger partial charge in [0.05, 0.1) is 0 Å². The van der Waals surface area contributed by atoms with Crippen molar-refractivity contribution in [2.45, 2.75) is 25.3 Å². The molecule has 5 nitrogen and oxygen atoms in total. The lowest BCUT2D eigenvalue weighted by Gasteiger charge is -2.26. The number of carbonyl (C=O) groups is 2. The Morgan fingerprint density at radius 2 is 2.27 bits per heavy atom. The van der Waals surface area contributed by atoms with Crippen LogP contribution in [-0.2, 0) is 9.59 Å². The minimum Gasteiger partial charge on any atom is -0.480 e.